The third-order valence-corrected chi connectivity index (χ3v) is 6.75. The highest BCUT2D eigenvalue weighted by molar-refractivity contribution is 6.35. The van der Waals surface area contributed by atoms with Gasteiger partial charge in [0.25, 0.3) is 5.91 Å². The van der Waals surface area contributed by atoms with Gasteiger partial charge in [0.05, 0.1) is 19.3 Å². The van der Waals surface area contributed by atoms with Gasteiger partial charge >= 0.3 is 0 Å². The van der Waals surface area contributed by atoms with E-state index >= 15 is 0 Å². The van der Waals surface area contributed by atoms with Gasteiger partial charge in [0.2, 0.25) is 5.91 Å². The van der Waals surface area contributed by atoms with E-state index in [0.717, 1.165) is 19.5 Å². The number of ether oxygens (including phenoxy) is 1. The SMILES string of the molecule is Cc1cccc(C(CNC(=O)C2CCCN2C(=O)c2cc(Cl)cc(Cl)c2)N2CCOCC2)c1. The van der Waals surface area contributed by atoms with Gasteiger partial charge in [-0.05, 0) is 43.5 Å². The number of nitrogens with zero attached hydrogens (tertiary/aromatic N) is 2. The third kappa shape index (κ3) is 5.87. The molecule has 4 rings (SSSR count). The van der Waals surface area contributed by atoms with Crippen molar-refractivity contribution in [1.82, 2.24) is 15.1 Å². The molecule has 0 saturated carbocycles. The smallest absolute Gasteiger partial charge is 0.254 e. The first-order valence-corrected chi connectivity index (χ1v) is 12.1. The monoisotopic (exact) mass is 489 g/mol. The van der Waals surface area contributed by atoms with Crippen LogP contribution < -0.4 is 5.32 Å². The first kappa shape index (κ1) is 24.0. The van der Waals surface area contributed by atoms with E-state index in [1.165, 1.54) is 11.1 Å². The number of likely N-dealkylation sites (tertiary alicyclic amines) is 1. The quantitative estimate of drug-likeness (QED) is 0.663. The normalized spacial score (nSPS) is 20.0. The van der Waals surface area contributed by atoms with Crippen LogP contribution in [0.1, 0.15) is 40.4 Å². The maximum Gasteiger partial charge on any atom is 0.254 e. The van der Waals surface area contributed by atoms with Crippen LogP contribution in [0, 0.1) is 6.92 Å². The molecule has 0 radical (unpaired) electrons. The van der Waals surface area contributed by atoms with E-state index in [9.17, 15) is 9.59 Å². The summed E-state index contributed by atoms with van der Waals surface area (Å²) in [7, 11) is 0. The summed E-state index contributed by atoms with van der Waals surface area (Å²) in [5.74, 6) is -0.347. The molecule has 2 atom stereocenters. The van der Waals surface area contributed by atoms with E-state index in [-0.39, 0.29) is 17.9 Å². The van der Waals surface area contributed by atoms with Crippen molar-refractivity contribution in [2.24, 2.45) is 0 Å². The van der Waals surface area contributed by atoms with E-state index in [1.54, 1.807) is 23.1 Å². The molecule has 0 aliphatic carbocycles. The Morgan fingerprint density at radius 1 is 1.09 bits per heavy atom. The van der Waals surface area contributed by atoms with Crippen LogP contribution in [0.15, 0.2) is 42.5 Å². The molecule has 0 aromatic heterocycles. The molecule has 2 aromatic carbocycles. The lowest BCUT2D eigenvalue weighted by Gasteiger charge is -2.35. The molecule has 176 valence electrons. The number of rotatable bonds is 6. The van der Waals surface area contributed by atoms with Crippen molar-refractivity contribution in [3.63, 3.8) is 0 Å². The first-order chi connectivity index (χ1) is 15.9. The molecule has 6 nitrogen and oxygen atoms in total. The van der Waals surface area contributed by atoms with Crippen LogP contribution in [-0.4, -0.2) is 67.0 Å². The van der Waals surface area contributed by atoms with E-state index < -0.39 is 6.04 Å². The predicted molar refractivity (Wildman–Crippen MR) is 130 cm³/mol. The molecule has 2 aromatic rings. The molecule has 0 bridgehead atoms. The number of amides is 2. The number of hydrogen-bond acceptors (Lipinski definition) is 4. The van der Waals surface area contributed by atoms with Gasteiger partial charge in [-0.15, -0.1) is 0 Å². The number of hydrogen-bond donors (Lipinski definition) is 1. The van der Waals surface area contributed by atoms with E-state index in [4.69, 9.17) is 27.9 Å². The fraction of sp³-hybridized carbons (Fsp3) is 0.440. The molecule has 0 spiro atoms. The molecule has 33 heavy (non-hydrogen) atoms. The molecule has 2 aliphatic rings. The zero-order valence-electron chi connectivity index (χ0n) is 18.7. The fourth-order valence-electron chi connectivity index (χ4n) is 4.66. The molecular formula is C25H29Cl2N3O3. The summed E-state index contributed by atoms with van der Waals surface area (Å²) < 4.78 is 5.52. The summed E-state index contributed by atoms with van der Waals surface area (Å²) in [5, 5.41) is 3.93. The second-order valence-electron chi connectivity index (χ2n) is 8.64. The van der Waals surface area contributed by atoms with Gasteiger partial charge in [0.15, 0.2) is 0 Å². The first-order valence-electron chi connectivity index (χ1n) is 11.4. The third-order valence-electron chi connectivity index (χ3n) is 6.31. The van der Waals surface area contributed by atoms with Crippen LogP contribution >= 0.6 is 23.2 Å². The summed E-state index contributed by atoms with van der Waals surface area (Å²) in [6, 6.07) is 12.7. The average molecular weight is 490 g/mol. The Labute approximate surface area is 204 Å². The minimum absolute atomic E-state index is 0.0510. The Bertz CT molecular complexity index is 990. The molecule has 1 N–H and O–H groups in total. The lowest BCUT2D eigenvalue weighted by Crippen LogP contribution is -2.49. The standard InChI is InChI=1S/C25H29Cl2N3O3/c1-17-4-2-5-18(12-17)23(29-8-10-33-11-9-29)16-28-24(31)22-6-3-7-30(22)25(32)19-13-20(26)15-21(27)14-19/h2,4-5,12-15,22-23H,3,6-11,16H2,1H3,(H,28,31). The van der Waals surface area contributed by atoms with Gasteiger partial charge in [-0.2, -0.15) is 0 Å². The summed E-state index contributed by atoms with van der Waals surface area (Å²) in [4.78, 5) is 30.3. The van der Waals surface area contributed by atoms with E-state index in [0.29, 0.717) is 48.3 Å². The van der Waals surface area contributed by atoms with Crippen molar-refractivity contribution in [1.29, 1.82) is 0 Å². The second-order valence-corrected chi connectivity index (χ2v) is 9.51. The van der Waals surface area contributed by atoms with Crippen molar-refractivity contribution < 1.29 is 14.3 Å². The molecule has 8 heteroatoms. The highest BCUT2D eigenvalue weighted by atomic mass is 35.5. The number of morpholine rings is 1. The Hall–Kier alpha value is -2.12. The lowest BCUT2D eigenvalue weighted by molar-refractivity contribution is -0.125. The van der Waals surface area contributed by atoms with Gasteiger partial charge in [0, 0.05) is 41.8 Å². The maximum absolute atomic E-state index is 13.2. The van der Waals surface area contributed by atoms with Crippen molar-refractivity contribution in [3.05, 3.63) is 69.2 Å². The molecule has 2 amide bonds. The van der Waals surface area contributed by atoms with Crippen molar-refractivity contribution in [2.45, 2.75) is 31.8 Å². The largest absolute Gasteiger partial charge is 0.379 e. The summed E-state index contributed by atoms with van der Waals surface area (Å²) >= 11 is 12.2. The zero-order chi connectivity index (χ0) is 23.4. The molecular weight excluding hydrogens is 461 g/mol. The maximum atomic E-state index is 13.2. The lowest BCUT2D eigenvalue weighted by atomic mass is 10.0. The summed E-state index contributed by atoms with van der Waals surface area (Å²) in [5.41, 5.74) is 2.76. The number of carbonyl (C=O) groups is 2. The minimum atomic E-state index is -0.502. The van der Waals surface area contributed by atoms with Gasteiger partial charge in [-0.25, -0.2) is 0 Å². The number of nitrogens with one attached hydrogen (secondary N) is 1. The molecule has 2 aliphatic heterocycles. The number of halogens is 2. The number of carbonyl (C=O) groups excluding carboxylic acids is 2. The Kier molecular flexibility index (Phi) is 7.91. The summed E-state index contributed by atoms with van der Waals surface area (Å²) in [6.07, 6.45) is 1.42. The van der Waals surface area contributed by atoms with E-state index in [1.807, 2.05) is 6.07 Å². The van der Waals surface area contributed by atoms with Crippen LogP contribution in [-0.2, 0) is 9.53 Å². The topological polar surface area (TPSA) is 61.9 Å². The van der Waals surface area contributed by atoms with Crippen molar-refractivity contribution >= 4 is 35.0 Å². The van der Waals surface area contributed by atoms with Crippen LogP contribution in [0.5, 0.6) is 0 Å². The summed E-state index contributed by atoms with van der Waals surface area (Å²) in [6.45, 7) is 6.08. The van der Waals surface area contributed by atoms with E-state index in [2.05, 4.69) is 35.3 Å². The molecule has 2 unspecified atom stereocenters. The van der Waals surface area contributed by atoms with Gasteiger partial charge in [0.1, 0.15) is 6.04 Å². The fourth-order valence-corrected chi connectivity index (χ4v) is 5.19. The second kappa shape index (κ2) is 10.9. The zero-order valence-corrected chi connectivity index (χ0v) is 20.2. The van der Waals surface area contributed by atoms with Crippen molar-refractivity contribution in [3.8, 4) is 0 Å². The number of benzene rings is 2. The van der Waals surface area contributed by atoms with Crippen LogP contribution in [0.25, 0.3) is 0 Å². The Balaban J connectivity index is 1.46. The molecule has 2 saturated heterocycles. The Morgan fingerprint density at radius 2 is 1.82 bits per heavy atom. The van der Waals surface area contributed by atoms with Crippen LogP contribution in [0.2, 0.25) is 10.0 Å². The van der Waals surface area contributed by atoms with Gasteiger partial charge in [-0.3, -0.25) is 14.5 Å². The van der Waals surface area contributed by atoms with Crippen molar-refractivity contribution in [2.75, 3.05) is 39.4 Å². The highest BCUT2D eigenvalue weighted by Crippen LogP contribution is 2.26. The van der Waals surface area contributed by atoms with Gasteiger partial charge < -0.3 is 15.0 Å². The molecule has 2 heterocycles. The predicted octanol–water partition coefficient (Wildman–Crippen LogP) is 4.10. The minimum Gasteiger partial charge on any atom is -0.379 e. The Morgan fingerprint density at radius 3 is 2.52 bits per heavy atom. The van der Waals surface area contributed by atoms with Crippen LogP contribution in [0.4, 0.5) is 0 Å². The average Bonchev–Trinajstić information content (AvgIpc) is 3.29. The van der Waals surface area contributed by atoms with Crippen LogP contribution in [0.3, 0.4) is 0 Å². The molecule has 2 fully saturated rings. The van der Waals surface area contributed by atoms with Gasteiger partial charge in [-0.1, -0.05) is 53.0 Å². The number of aryl methyl sites for hydroxylation is 1. The highest BCUT2D eigenvalue weighted by Gasteiger charge is 2.35.